The van der Waals surface area contributed by atoms with Crippen molar-refractivity contribution in [1.29, 1.82) is 0 Å². The Morgan fingerprint density at radius 3 is 2.34 bits per heavy atom. The van der Waals surface area contributed by atoms with Crippen LogP contribution in [0.25, 0.3) is 5.76 Å². The summed E-state index contributed by atoms with van der Waals surface area (Å²) >= 11 is 6.19. The molecule has 1 N–H and O–H groups in total. The van der Waals surface area contributed by atoms with Gasteiger partial charge in [0.1, 0.15) is 34.8 Å². The van der Waals surface area contributed by atoms with E-state index in [9.17, 15) is 14.7 Å². The molecule has 1 aromatic heterocycles. The summed E-state index contributed by atoms with van der Waals surface area (Å²) in [5, 5.41) is 11.6. The maximum Gasteiger partial charge on any atom is 0.295 e. The maximum atomic E-state index is 13.2. The standard InChI is InChI=1S/C26H24ClNO7/c1-32-16-8-6-15(7-9-16)10-11-28-23(19-5-4-12-35-19)22(25(30)26(28)31)24(29)17-13-21(34-3)18(27)14-20(17)33-2/h4-9,12-14,23,29H,10-11H2,1-3H3/b24-22+. The van der Waals surface area contributed by atoms with Crippen LogP contribution in [-0.2, 0) is 16.0 Å². The number of nitrogens with zero attached hydrogens (tertiary/aromatic N) is 1. The number of ether oxygens (including phenoxy) is 3. The van der Waals surface area contributed by atoms with E-state index in [1.165, 1.54) is 37.5 Å². The Morgan fingerprint density at radius 2 is 1.74 bits per heavy atom. The highest BCUT2D eigenvalue weighted by Crippen LogP contribution is 2.43. The van der Waals surface area contributed by atoms with Crippen molar-refractivity contribution in [1.82, 2.24) is 4.90 Å². The van der Waals surface area contributed by atoms with E-state index in [0.717, 1.165) is 11.3 Å². The lowest BCUT2D eigenvalue weighted by molar-refractivity contribution is -0.140. The molecule has 35 heavy (non-hydrogen) atoms. The summed E-state index contributed by atoms with van der Waals surface area (Å²) in [4.78, 5) is 27.7. The molecule has 1 saturated heterocycles. The number of carbonyl (C=O) groups is 2. The van der Waals surface area contributed by atoms with Gasteiger partial charge in [-0.25, -0.2) is 0 Å². The number of aliphatic hydroxyl groups excluding tert-OH is 1. The molecule has 1 fully saturated rings. The van der Waals surface area contributed by atoms with Gasteiger partial charge < -0.3 is 28.6 Å². The van der Waals surface area contributed by atoms with Crippen LogP contribution >= 0.6 is 11.6 Å². The summed E-state index contributed by atoms with van der Waals surface area (Å²) in [6, 6.07) is 12.8. The topological polar surface area (TPSA) is 98.4 Å². The third-order valence-electron chi connectivity index (χ3n) is 5.88. The maximum absolute atomic E-state index is 13.2. The Hall–Kier alpha value is -3.91. The molecule has 1 aliphatic rings. The molecule has 4 rings (SSSR count). The van der Waals surface area contributed by atoms with Crippen LogP contribution in [0.3, 0.4) is 0 Å². The summed E-state index contributed by atoms with van der Waals surface area (Å²) in [5.41, 5.74) is 1.01. The summed E-state index contributed by atoms with van der Waals surface area (Å²) < 4.78 is 21.4. The number of furan rings is 1. The van der Waals surface area contributed by atoms with Gasteiger partial charge in [-0.05, 0) is 42.3 Å². The van der Waals surface area contributed by atoms with E-state index < -0.39 is 23.5 Å². The number of amides is 1. The monoisotopic (exact) mass is 497 g/mol. The number of aliphatic hydroxyl groups is 1. The van der Waals surface area contributed by atoms with Crippen LogP contribution in [0.1, 0.15) is 22.9 Å². The van der Waals surface area contributed by atoms with Crippen LogP contribution in [0.15, 0.2) is 64.8 Å². The van der Waals surface area contributed by atoms with Gasteiger partial charge in [0.25, 0.3) is 11.7 Å². The summed E-state index contributed by atoms with van der Waals surface area (Å²) in [6.45, 7) is 0.222. The lowest BCUT2D eigenvalue weighted by atomic mass is 9.98. The van der Waals surface area contributed by atoms with Crippen LogP contribution in [0, 0.1) is 0 Å². The molecule has 0 aliphatic carbocycles. The summed E-state index contributed by atoms with van der Waals surface area (Å²) in [6.07, 6.45) is 1.93. The van der Waals surface area contributed by atoms with Crippen LogP contribution in [0.4, 0.5) is 0 Å². The first-order valence-corrected chi connectivity index (χ1v) is 11.1. The van der Waals surface area contributed by atoms with Crippen molar-refractivity contribution in [3.8, 4) is 17.2 Å². The van der Waals surface area contributed by atoms with Crippen LogP contribution in [0.5, 0.6) is 17.2 Å². The van der Waals surface area contributed by atoms with E-state index in [2.05, 4.69) is 0 Å². The van der Waals surface area contributed by atoms with Crippen LogP contribution in [-0.4, -0.2) is 49.6 Å². The molecule has 2 aromatic carbocycles. The van der Waals surface area contributed by atoms with Crippen molar-refractivity contribution in [3.63, 3.8) is 0 Å². The number of ketones is 1. The van der Waals surface area contributed by atoms with Gasteiger partial charge >= 0.3 is 0 Å². The van der Waals surface area contributed by atoms with Crippen molar-refractivity contribution in [2.45, 2.75) is 12.5 Å². The summed E-state index contributed by atoms with van der Waals surface area (Å²) in [7, 11) is 4.42. The van der Waals surface area contributed by atoms with Gasteiger partial charge in [0.05, 0.1) is 43.8 Å². The molecule has 182 valence electrons. The Bertz CT molecular complexity index is 1270. The van der Waals surface area contributed by atoms with E-state index in [0.29, 0.717) is 12.2 Å². The largest absolute Gasteiger partial charge is 0.507 e. The molecule has 0 saturated carbocycles. The molecule has 3 aromatic rings. The molecule has 2 heterocycles. The minimum atomic E-state index is -0.922. The Kier molecular flexibility index (Phi) is 7.02. The molecule has 0 spiro atoms. The lowest BCUT2D eigenvalue weighted by Gasteiger charge is -2.23. The normalized spacial score (nSPS) is 17.0. The fourth-order valence-electron chi connectivity index (χ4n) is 4.09. The fourth-order valence-corrected chi connectivity index (χ4v) is 4.32. The van der Waals surface area contributed by atoms with Crippen molar-refractivity contribution in [2.24, 2.45) is 0 Å². The third kappa shape index (κ3) is 4.57. The first-order chi connectivity index (χ1) is 16.9. The van der Waals surface area contributed by atoms with Gasteiger partial charge in [0.2, 0.25) is 0 Å². The second kappa shape index (κ2) is 10.1. The molecule has 9 heteroatoms. The minimum absolute atomic E-state index is 0.109. The molecular weight excluding hydrogens is 474 g/mol. The first-order valence-electron chi connectivity index (χ1n) is 10.8. The molecule has 1 unspecified atom stereocenters. The number of hydrogen-bond donors (Lipinski definition) is 1. The Morgan fingerprint density at radius 1 is 1.03 bits per heavy atom. The average Bonchev–Trinajstić information content (AvgIpc) is 3.49. The van der Waals surface area contributed by atoms with Crippen LogP contribution in [0.2, 0.25) is 5.02 Å². The van der Waals surface area contributed by atoms with Crippen LogP contribution < -0.4 is 14.2 Å². The van der Waals surface area contributed by atoms with Gasteiger partial charge in [0, 0.05) is 12.6 Å². The number of rotatable bonds is 8. The molecule has 0 radical (unpaired) electrons. The predicted molar refractivity (Wildman–Crippen MR) is 129 cm³/mol. The van der Waals surface area contributed by atoms with Gasteiger partial charge in [-0.1, -0.05) is 23.7 Å². The van der Waals surface area contributed by atoms with Crippen molar-refractivity contribution in [3.05, 3.63) is 82.3 Å². The van der Waals surface area contributed by atoms with Crippen molar-refractivity contribution < 1.29 is 33.3 Å². The number of likely N-dealkylation sites (tertiary alicyclic amines) is 1. The van der Waals surface area contributed by atoms with E-state index in [1.807, 2.05) is 24.3 Å². The van der Waals surface area contributed by atoms with Gasteiger partial charge in [0.15, 0.2) is 0 Å². The summed E-state index contributed by atoms with van der Waals surface area (Å²) in [5.74, 6) is -0.412. The minimum Gasteiger partial charge on any atom is -0.507 e. The van der Waals surface area contributed by atoms with E-state index in [1.54, 1.807) is 19.2 Å². The quantitative estimate of drug-likeness (QED) is 0.275. The zero-order valence-electron chi connectivity index (χ0n) is 19.4. The average molecular weight is 498 g/mol. The van der Waals surface area contributed by atoms with E-state index in [-0.39, 0.29) is 34.2 Å². The molecule has 1 amide bonds. The van der Waals surface area contributed by atoms with E-state index >= 15 is 0 Å². The smallest absolute Gasteiger partial charge is 0.295 e. The molecule has 8 nitrogen and oxygen atoms in total. The lowest BCUT2D eigenvalue weighted by Crippen LogP contribution is -2.31. The van der Waals surface area contributed by atoms with Crippen molar-refractivity contribution >= 4 is 29.1 Å². The number of halogens is 1. The number of benzene rings is 2. The predicted octanol–water partition coefficient (Wildman–Crippen LogP) is 4.62. The zero-order valence-corrected chi connectivity index (χ0v) is 20.2. The highest BCUT2D eigenvalue weighted by molar-refractivity contribution is 6.46. The first kappa shape index (κ1) is 24.2. The zero-order chi connectivity index (χ0) is 25.1. The third-order valence-corrected chi connectivity index (χ3v) is 6.18. The number of hydrogen-bond acceptors (Lipinski definition) is 7. The highest BCUT2D eigenvalue weighted by atomic mass is 35.5. The number of methoxy groups -OCH3 is 3. The Labute approximate surface area is 207 Å². The van der Waals surface area contributed by atoms with Gasteiger partial charge in [-0.3, -0.25) is 9.59 Å². The number of Topliss-reactive ketones (excluding diaryl/α,β-unsaturated/α-hetero) is 1. The fraction of sp³-hybridized carbons (Fsp3) is 0.231. The number of carbonyl (C=O) groups excluding carboxylic acids is 2. The molecular formula is C26H24ClNO7. The molecule has 0 bridgehead atoms. The molecule has 1 aliphatic heterocycles. The van der Waals surface area contributed by atoms with Gasteiger partial charge in [-0.2, -0.15) is 0 Å². The SMILES string of the molecule is COc1ccc(CCN2C(=O)C(=O)/C(=C(/O)c3cc(OC)c(Cl)cc3OC)C2c2ccco2)cc1. The van der Waals surface area contributed by atoms with Gasteiger partial charge in [-0.15, -0.1) is 0 Å². The van der Waals surface area contributed by atoms with E-state index in [4.69, 9.17) is 30.2 Å². The van der Waals surface area contributed by atoms with Crippen molar-refractivity contribution in [2.75, 3.05) is 27.9 Å². The Balaban J connectivity index is 1.77. The second-order valence-corrected chi connectivity index (χ2v) is 8.20. The second-order valence-electron chi connectivity index (χ2n) is 7.79. The molecule has 1 atom stereocenters. The highest BCUT2D eigenvalue weighted by Gasteiger charge is 2.47.